The summed E-state index contributed by atoms with van der Waals surface area (Å²) in [7, 11) is 0. The Hall–Kier alpha value is -1.76. The van der Waals surface area contributed by atoms with Gasteiger partial charge in [-0.2, -0.15) is 0 Å². The van der Waals surface area contributed by atoms with Crippen LogP contribution in [0.4, 0.5) is 0 Å². The molecule has 0 saturated carbocycles. The zero-order chi connectivity index (χ0) is 13.8. The van der Waals surface area contributed by atoms with Crippen LogP contribution < -0.4 is 4.74 Å². The van der Waals surface area contributed by atoms with E-state index in [1.807, 2.05) is 30.3 Å². The molecule has 19 heavy (non-hydrogen) atoms. The molecule has 2 aromatic carbocycles. The lowest BCUT2D eigenvalue weighted by molar-refractivity contribution is 0.463. The Kier molecular flexibility index (Phi) is 4.26. The van der Waals surface area contributed by atoms with Crippen LogP contribution in [0.15, 0.2) is 48.5 Å². The molecule has 0 unspecified atom stereocenters. The van der Waals surface area contributed by atoms with Gasteiger partial charge in [0.25, 0.3) is 0 Å². The van der Waals surface area contributed by atoms with Crippen molar-refractivity contribution in [2.45, 2.75) is 39.5 Å². The molecule has 2 aromatic rings. The van der Waals surface area contributed by atoms with Crippen LogP contribution in [-0.2, 0) is 0 Å². The second kappa shape index (κ2) is 5.92. The van der Waals surface area contributed by atoms with Gasteiger partial charge in [-0.05, 0) is 35.1 Å². The quantitative estimate of drug-likeness (QED) is 0.677. The maximum atomic E-state index is 6.16. The summed E-state index contributed by atoms with van der Waals surface area (Å²) in [5.74, 6) is 2.84. The highest BCUT2D eigenvalue weighted by Crippen LogP contribution is 2.37. The average Bonchev–Trinajstić information content (AvgIpc) is 2.39. The van der Waals surface area contributed by atoms with Crippen LogP contribution in [0.3, 0.4) is 0 Å². The van der Waals surface area contributed by atoms with E-state index in [2.05, 4.69) is 45.9 Å². The van der Waals surface area contributed by atoms with Crippen molar-refractivity contribution in [2.24, 2.45) is 0 Å². The number of hydrogen-bond acceptors (Lipinski definition) is 1. The van der Waals surface area contributed by atoms with Crippen LogP contribution in [0.25, 0.3) is 0 Å². The molecule has 1 nitrogen and oxygen atoms in total. The number of hydrogen-bond donors (Lipinski definition) is 0. The van der Waals surface area contributed by atoms with E-state index in [9.17, 15) is 0 Å². The van der Waals surface area contributed by atoms with Gasteiger partial charge in [-0.25, -0.2) is 0 Å². The van der Waals surface area contributed by atoms with Gasteiger partial charge in [0.05, 0.1) is 0 Å². The molecule has 100 valence electrons. The lowest BCUT2D eigenvalue weighted by atomic mass is 9.94. The molecule has 0 fully saturated rings. The molecule has 0 bridgehead atoms. The third-order valence-corrected chi connectivity index (χ3v) is 3.28. The Balaban J connectivity index is 2.46. The van der Waals surface area contributed by atoms with Gasteiger partial charge in [0.1, 0.15) is 11.5 Å². The zero-order valence-corrected chi connectivity index (χ0v) is 12.2. The maximum absolute atomic E-state index is 6.16. The molecular weight excluding hydrogens is 232 g/mol. The fraction of sp³-hybridized carbons (Fsp3) is 0.333. The molecule has 0 N–H and O–H groups in total. The zero-order valence-electron chi connectivity index (χ0n) is 12.2. The predicted molar refractivity (Wildman–Crippen MR) is 81.1 cm³/mol. The minimum Gasteiger partial charge on any atom is -0.457 e. The van der Waals surface area contributed by atoms with Gasteiger partial charge < -0.3 is 4.74 Å². The minimum absolute atomic E-state index is 0.456. The summed E-state index contributed by atoms with van der Waals surface area (Å²) in [6, 6.07) is 16.5. The summed E-state index contributed by atoms with van der Waals surface area (Å²) in [6.07, 6.45) is 0. The second-order valence-corrected chi connectivity index (χ2v) is 5.49. The standard InChI is InChI=1S/C18H22O/c1-13(2)16-11-8-12-17(14(3)4)18(16)19-15-9-6-5-7-10-15/h5-14H,1-4H3. The Bertz CT molecular complexity index is 500. The van der Waals surface area contributed by atoms with E-state index in [-0.39, 0.29) is 0 Å². The van der Waals surface area contributed by atoms with E-state index in [4.69, 9.17) is 4.74 Å². The molecule has 0 aromatic heterocycles. The van der Waals surface area contributed by atoms with E-state index in [1.165, 1.54) is 11.1 Å². The Morgan fingerprint density at radius 3 is 1.68 bits per heavy atom. The van der Waals surface area contributed by atoms with E-state index < -0.39 is 0 Å². The monoisotopic (exact) mass is 254 g/mol. The fourth-order valence-electron chi connectivity index (χ4n) is 2.21. The van der Waals surface area contributed by atoms with Crippen molar-refractivity contribution in [3.8, 4) is 11.5 Å². The van der Waals surface area contributed by atoms with Gasteiger partial charge in [0, 0.05) is 0 Å². The SMILES string of the molecule is CC(C)c1cccc(C(C)C)c1Oc1ccccc1. The normalized spacial score (nSPS) is 11.1. The first-order valence-electron chi connectivity index (χ1n) is 6.95. The summed E-state index contributed by atoms with van der Waals surface area (Å²) in [6.45, 7) is 8.82. The van der Waals surface area contributed by atoms with Gasteiger partial charge in [0.2, 0.25) is 0 Å². The van der Waals surface area contributed by atoms with Crippen molar-refractivity contribution >= 4 is 0 Å². The van der Waals surface area contributed by atoms with Crippen molar-refractivity contribution in [1.82, 2.24) is 0 Å². The molecule has 0 aliphatic heterocycles. The molecule has 0 spiro atoms. The highest BCUT2D eigenvalue weighted by Gasteiger charge is 2.15. The van der Waals surface area contributed by atoms with E-state index in [1.54, 1.807) is 0 Å². The summed E-state index contributed by atoms with van der Waals surface area (Å²) < 4.78 is 6.16. The lowest BCUT2D eigenvalue weighted by Gasteiger charge is -2.19. The first-order valence-corrected chi connectivity index (χ1v) is 6.95. The van der Waals surface area contributed by atoms with E-state index in [0.29, 0.717) is 11.8 Å². The van der Waals surface area contributed by atoms with Gasteiger partial charge >= 0.3 is 0 Å². The molecule has 0 aliphatic rings. The van der Waals surface area contributed by atoms with Gasteiger partial charge in [-0.3, -0.25) is 0 Å². The maximum Gasteiger partial charge on any atom is 0.134 e. The third-order valence-electron chi connectivity index (χ3n) is 3.28. The minimum atomic E-state index is 0.456. The molecule has 0 saturated heterocycles. The van der Waals surface area contributed by atoms with Crippen molar-refractivity contribution < 1.29 is 4.74 Å². The van der Waals surface area contributed by atoms with Crippen LogP contribution >= 0.6 is 0 Å². The van der Waals surface area contributed by atoms with Crippen molar-refractivity contribution in [3.05, 3.63) is 59.7 Å². The van der Waals surface area contributed by atoms with Crippen LogP contribution in [0.5, 0.6) is 11.5 Å². The molecule has 0 aliphatic carbocycles. The highest BCUT2D eigenvalue weighted by atomic mass is 16.5. The Morgan fingerprint density at radius 1 is 0.684 bits per heavy atom. The van der Waals surface area contributed by atoms with Crippen molar-refractivity contribution in [3.63, 3.8) is 0 Å². The predicted octanol–water partition coefficient (Wildman–Crippen LogP) is 5.73. The molecular formula is C18H22O. The summed E-state index contributed by atoms with van der Waals surface area (Å²) >= 11 is 0. The fourth-order valence-corrected chi connectivity index (χ4v) is 2.21. The summed E-state index contributed by atoms with van der Waals surface area (Å²) in [5, 5.41) is 0. The van der Waals surface area contributed by atoms with Gasteiger partial charge in [-0.15, -0.1) is 0 Å². The Labute approximate surface area is 116 Å². The Morgan fingerprint density at radius 2 is 1.21 bits per heavy atom. The van der Waals surface area contributed by atoms with Gasteiger partial charge in [-0.1, -0.05) is 64.1 Å². The third kappa shape index (κ3) is 3.17. The second-order valence-electron chi connectivity index (χ2n) is 5.49. The van der Waals surface area contributed by atoms with Crippen LogP contribution in [0.2, 0.25) is 0 Å². The molecule has 0 amide bonds. The number of ether oxygens (including phenoxy) is 1. The number of rotatable bonds is 4. The smallest absolute Gasteiger partial charge is 0.134 e. The van der Waals surface area contributed by atoms with Crippen LogP contribution in [0, 0.1) is 0 Å². The van der Waals surface area contributed by atoms with Gasteiger partial charge in [0.15, 0.2) is 0 Å². The molecule has 2 rings (SSSR count). The number of benzene rings is 2. The van der Waals surface area contributed by atoms with Crippen LogP contribution in [0.1, 0.15) is 50.7 Å². The largest absolute Gasteiger partial charge is 0.457 e. The first-order chi connectivity index (χ1) is 9.09. The van der Waals surface area contributed by atoms with E-state index in [0.717, 1.165) is 11.5 Å². The molecule has 1 heteroatoms. The topological polar surface area (TPSA) is 9.23 Å². The highest BCUT2D eigenvalue weighted by molar-refractivity contribution is 5.47. The average molecular weight is 254 g/mol. The van der Waals surface area contributed by atoms with Crippen molar-refractivity contribution in [1.29, 1.82) is 0 Å². The summed E-state index contributed by atoms with van der Waals surface area (Å²) in [5.41, 5.74) is 2.55. The first kappa shape index (κ1) is 13.7. The van der Waals surface area contributed by atoms with E-state index >= 15 is 0 Å². The number of para-hydroxylation sites is 2. The van der Waals surface area contributed by atoms with Crippen molar-refractivity contribution in [2.75, 3.05) is 0 Å². The molecule has 0 radical (unpaired) electrons. The molecule has 0 atom stereocenters. The summed E-state index contributed by atoms with van der Waals surface area (Å²) in [4.78, 5) is 0. The van der Waals surface area contributed by atoms with Crippen LogP contribution in [-0.4, -0.2) is 0 Å². The molecule has 0 heterocycles. The lowest BCUT2D eigenvalue weighted by Crippen LogP contribution is -2.00.